The van der Waals surface area contributed by atoms with Crippen molar-refractivity contribution in [3.63, 3.8) is 0 Å². The van der Waals surface area contributed by atoms with E-state index in [1.165, 1.54) is 11.1 Å². The van der Waals surface area contributed by atoms with Gasteiger partial charge >= 0.3 is 0 Å². The Balaban J connectivity index is 1.50. The van der Waals surface area contributed by atoms with Gasteiger partial charge in [-0.05, 0) is 42.7 Å². The highest BCUT2D eigenvalue weighted by molar-refractivity contribution is 7.99. The predicted molar refractivity (Wildman–Crippen MR) is 107 cm³/mol. The average molecular weight is 369 g/mol. The highest BCUT2D eigenvalue weighted by Gasteiger charge is 2.23. The molecule has 25 heavy (non-hydrogen) atoms. The average Bonchev–Trinajstić information content (AvgIpc) is 2.97. The molecule has 1 amide bonds. The van der Waals surface area contributed by atoms with Gasteiger partial charge < -0.3 is 4.90 Å². The van der Waals surface area contributed by atoms with Crippen LogP contribution in [-0.4, -0.2) is 34.6 Å². The fraction of sp³-hybridized carbons (Fsp3) is 0.300. The summed E-state index contributed by atoms with van der Waals surface area (Å²) in [6.07, 6.45) is 1.00. The molecule has 0 saturated carbocycles. The molecule has 0 aliphatic carbocycles. The fourth-order valence-corrected chi connectivity index (χ4v) is 5.38. The normalized spacial score (nSPS) is 18.3. The number of hydrogen-bond acceptors (Lipinski definition) is 4. The quantitative estimate of drug-likeness (QED) is 0.643. The number of nitrogens with zero attached hydrogens (tertiary/aromatic N) is 2. The van der Waals surface area contributed by atoms with Crippen molar-refractivity contribution in [2.45, 2.75) is 18.6 Å². The lowest BCUT2D eigenvalue weighted by Gasteiger charge is -2.20. The fourth-order valence-electron chi connectivity index (χ4n) is 3.34. The molecule has 1 aliphatic heterocycles. The van der Waals surface area contributed by atoms with E-state index in [9.17, 15) is 4.79 Å². The van der Waals surface area contributed by atoms with Gasteiger partial charge in [0.25, 0.3) is 5.91 Å². The van der Waals surface area contributed by atoms with E-state index in [1.54, 1.807) is 11.3 Å². The third-order valence-electron chi connectivity index (χ3n) is 4.74. The molecule has 1 unspecified atom stereocenters. The maximum Gasteiger partial charge on any atom is 0.253 e. The first-order valence-electron chi connectivity index (χ1n) is 8.52. The van der Waals surface area contributed by atoms with Crippen molar-refractivity contribution in [1.29, 1.82) is 0 Å². The van der Waals surface area contributed by atoms with E-state index in [4.69, 9.17) is 0 Å². The highest BCUT2D eigenvalue weighted by Crippen LogP contribution is 2.36. The van der Waals surface area contributed by atoms with E-state index in [1.807, 2.05) is 40.4 Å². The van der Waals surface area contributed by atoms with E-state index < -0.39 is 0 Å². The predicted octanol–water partition coefficient (Wildman–Crippen LogP) is 4.93. The van der Waals surface area contributed by atoms with Gasteiger partial charge in [0, 0.05) is 29.7 Å². The molecule has 1 aliphatic rings. The number of carbonyl (C=O) groups is 1. The number of carbonyl (C=O) groups excluding carboxylic acids is 1. The van der Waals surface area contributed by atoms with Crippen molar-refractivity contribution < 1.29 is 4.79 Å². The molecule has 0 spiro atoms. The van der Waals surface area contributed by atoms with Crippen LogP contribution in [-0.2, 0) is 0 Å². The lowest BCUT2D eigenvalue weighted by atomic mass is 10.0. The molecule has 128 valence electrons. The summed E-state index contributed by atoms with van der Waals surface area (Å²) in [5.41, 5.74) is 6.32. The minimum Gasteiger partial charge on any atom is -0.338 e. The van der Waals surface area contributed by atoms with Crippen LogP contribution in [0.4, 0.5) is 0 Å². The third-order valence-corrected chi connectivity index (χ3v) is 6.84. The maximum atomic E-state index is 12.9. The zero-order valence-corrected chi connectivity index (χ0v) is 15.8. The first kappa shape index (κ1) is 16.6. The van der Waals surface area contributed by atoms with Crippen LogP contribution in [0.2, 0.25) is 0 Å². The molecule has 1 atom stereocenters. The molecule has 4 rings (SSSR count). The van der Waals surface area contributed by atoms with Gasteiger partial charge in [0.1, 0.15) is 0 Å². The first-order chi connectivity index (χ1) is 12.2. The number of fused-ring (bicyclic) bond motifs is 1. The summed E-state index contributed by atoms with van der Waals surface area (Å²) < 4.78 is 1.08. The highest BCUT2D eigenvalue weighted by atomic mass is 32.2. The molecule has 0 N–H and O–H groups in total. The first-order valence-corrected chi connectivity index (χ1v) is 10.4. The van der Waals surface area contributed by atoms with Gasteiger partial charge in [-0.3, -0.25) is 4.79 Å². The lowest BCUT2D eigenvalue weighted by Crippen LogP contribution is -2.32. The van der Waals surface area contributed by atoms with Crippen LogP contribution >= 0.6 is 23.1 Å². The van der Waals surface area contributed by atoms with Crippen LogP contribution < -0.4 is 0 Å². The summed E-state index contributed by atoms with van der Waals surface area (Å²) in [4.78, 5) is 19.2. The molecule has 3 aromatic rings. The van der Waals surface area contributed by atoms with Crippen LogP contribution in [0.25, 0.3) is 10.2 Å². The topological polar surface area (TPSA) is 33.2 Å². The molecular weight excluding hydrogens is 348 g/mol. The minimum absolute atomic E-state index is 0.140. The Morgan fingerprint density at radius 1 is 1.20 bits per heavy atom. The zero-order chi connectivity index (χ0) is 17.2. The van der Waals surface area contributed by atoms with Crippen molar-refractivity contribution in [3.8, 4) is 0 Å². The van der Waals surface area contributed by atoms with Gasteiger partial charge in [-0.25, -0.2) is 4.98 Å². The number of aromatic nitrogens is 1. The van der Waals surface area contributed by atoms with Crippen LogP contribution in [0.1, 0.15) is 33.2 Å². The van der Waals surface area contributed by atoms with E-state index >= 15 is 0 Å². The Bertz CT molecular complexity index is 905. The molecule has 3 nitrogen and oxygen atoms in total. The number of amides is 1. The standard InChI is InChI=1S/C20H20N2OS2/c1-14-4-2-3-5-16(14)18-8-9-22(10-11-24-18)20(23)15-6-7-17-19(12-15)25-13-21-17/h2-7,12-13,18H,8-11H2,1H3. The second-order valence-corrected chi connectivity index (χ2v) is 8.53. The summed E-state index contributed by atoms with van der Waals surface area (Å²) in [6.45, 7) is 3.80. The number of benzene rings is 2. The summed E-state index contributed by atoms with van der Waals surface area (Å²) in [7, 11) is 0. The molecule has 2 heterocycles. The van der Waals surface area contributed by atoms with Gasteiger partial charge in [-0.1, -0.05) is 24.3 Å². The maximum absolute atomic E-state index is 12.9. The number of rotatable bonds is 2. The Labute approximate surface area is 156 Å². The number of thioether (sulfide) groups is 1. The zero-order valence-electron chi connectivity index (χ0n) is 14.1. The second kappa shape index (κ2) is 7.18. The number of aryl methyl sites for hydroxylation is 1. The smallest absolute Gasteiger partial charge is 0.253 e. The summed E-state index contributed by atoms with van der Waals surface area (Å²) in [6, 6.07) is 14.4. The molecule has 1 aromatic heterocycles. The van der Waals surface area contributed by atoms with Crippen molar-refractivity contribution in [2.24, 2.45) is 0 Å². The minimum atomic E-state index is 0.140. The summed E-state index contributed by atoms with van der Waals surface area (Å²) >= 11 is 3.55. The molecule has 2 aromatic carbocycles. The van der Waals surface area contributed by atoms with E-state index in [0.29, 0.717) is 5.25 Å². The van der Waals surface area contributed by atoms with E-state index in [2.05, 4.69) is 36.2 Å². The Hall–Kier alpha value is -1.85. The van der Waals surface area contributed by atoms with Crippen molar-refractivity contribution in [3.05, 3.63) is 64.7 Å². The van der Waals surface area contributed by atoms with Crippen LogP contribution in [0, 0.1) is 6.92 Å². The SMILES string of the molecule is Cc1ccccc1C1CCN(C(=O)c2ccc3ncsc3c2)CCS1. The van der Waals surface area contributed by atoms with Gasteiger partial charge in [0.2, 0.25) is 0 Å². The second-order valence-electron chi connectivity index (χ2n) is 6.33. The number of hydrogen-bond donors (Lipinski definition) is 0. The lowest BCUT2D eigenvalue weighted by molar-refractivity contribution is 0.0767. The summed E-state index contributed by atoms with van der Waals surface area (Å²) in [5.74, 6) is 1.12. The van der Waals surface area contributed by atoms with E-state index in [-0.39, 0.29) is 5.91 Å². The van der Waals surface area contributed by atoms with Gasteiger partial charge in [0.15, 0.2) is 0 Å². The molecule has 1 saturated heterocycles. The Morgan fingerprint density at radius 3 is 2.96 bits per heavy atom. The van der Waals surface area contributed by atoms with Crippen LogP contribution in [0.5, 0.6) is 0 Å². The van der Waals surface area contributed by atoms with Crippen LogP contribution in [0.15, 0.2) is 48.0 Å². The van der Waals surface area contributed by atoms with E-state index in [0.717, 1.165) is 41.0 Å². The molecule has 0 bridgehead atoms. The Kier molecular flexibility index (Phi) is 4.77. The largest absolute Gasteiger partial charge is 0.338 e. The molecular formula is C20H20N2OS2. The van der Waals surface area contributed by atoms with Crippen molar-refractivity contribution in [1.82, 2.24) is 9.88 Å². The monoisotopic (exact) mass is 368 g/mol. The van der Waals surface area contributed by atoms with Gasteiger partial charge in [0.05, 0.1) is 15.7 Å². The van der Waals surface area contributed by atoms with Crippen LogP contribution in [0.3, 0.4) is 0 Å². The third kappa shape index (κ3) is 3.44. The van der Waals surface area contributed by atoms with Crippen molar-refractivity contribution >= 4 is 39.2 Å². The van der Waals surface area contributed by atoms with Crippen molar-refractivity contribution in [2.75, 3.05) is 18.8 Å². The van der Waals surface area contributed by atoms with Gasteiger partial charge in [-0.2, -0.15) is 11.8 Å². The molecule has 5 heteroatoms. The molecule has 0 radical (unpaired) electrons. The van der Waals surface area contributed by atoms with Gasteiger partial charge in [-0.15, -0.1) is 11.3 Å². The molecule has 1 fully saturated rings. The summed E-state index contributed by atoms with van der Waals surface area (Å²) in [5, 5.41) is 0.475. The number of thiazole rings is 1. The Morgan fingerprint density at radius 2 is 2.08 bits per heavy atom.